The molecule has 3 aromatic rings. The quantitative estimate of drug-likeness (QED) is 0.585. The number of amides is 1. The number of halogens is 1. The molecule has 2 heterocycles. The molecule has 0 bridgehead atoms. The first-order valence-electron chi connectivity index (χ1n) is 9.67. The van der Waals surface area contributed by atoms with E-state index in [2.05, 4.69) is 10.3 Å². The van der Waals surface area contributed by atoms with E-state index in [0.717, 1.165) is 28.0 Å². The van der Waals surface area contributed by atoms with Gasteiger partial charge in [-0.25, -0.2) is 8.42 Å². The number of thioether (sulfide) groups is 1. The highest BCUT2D eigenvalue weighted by Crippen LogP contribution is 2.25. The summed E-state index contributed by atoms with van der Waals surface area (Å²) in [6.07, 6.45) is 2.59. The molecule has 2 aromatic carbocycles. The monoisotopic (exact) mass is 463 g/mol. The van der Waals surface area contributed by atoms with Crippen molar-refractivity contribution in [2.75, 3.05) is 31.1 Å². The number of H-pyrrole nitrogens is 1. The van der Waals surface area contributed by atoms with Crippen LogP contribution in [0.5, 0.6) is 0 Å². The summed E-state index contributed by atoms with van der Waals surface area (Å²) in [5, 5.41) is 4.20. The Morgan fingerprint density at radius 3 is 2.73 bits per heavy atom. The lowest BCUT2D eigenvalue weighted by Crippen LogP contribution is -2.38. The summed E-state index contributed by atoms with van der Waals surface area (Å²) < 4.78 is 27.3. The molecule has 4 rings (SSSR count). The number of carbonyl (C=O) groups excluding carboxylic acids is 1. The molecule has 158 valence electrons. The minimum absolute atomic E-state index is 0.0978. The second-order valence-electron chi connectivity index (χ2n) is 7.02. The van der Waals surface area contributed by atoms with Gasteiger partial charge in [-0.3, -0.25) is 4.79 Å². The first-order chi connectivity index (χ1) is 14.5. The largest absolute Gasteiger partial charge is 0.361 e. The number of sulfonamides is 1. The molecule has 0 aliphatic carbocycles. The van der Waals surface area contributed by atoms with Crippen LogP contribution in [-0.2, 0) is 16.4 Å². The fourth-order valence-electron chi connectivity index (χ4n) is 3.52. The van der Waals surface area contributed by atoms with E-state index in [1.165, 1.54) is 22.5 Å². The van der Waals surface area contributed by atoms with E-state index in [4.69, 9.17) is 11.6 Å². The van der Waals surface area contributed by atoms with Crippen molar-refractivity contribution < 1.29 is 13.2 Å². The minimum Gasteiger partial charge on any atom is -0.361 e. The van der Waals surface area contributed by atoms with Gasteiger partial charge < -0.3 is 10.3 Å². The normalized spacial score (nSPS) is 15.4. The van der Waals surface area contributed by atoms with Gasteiger partial charge in [0.2, 0.25) is 10.0 Å². The van der Waals surface area contributed by atoms with Crippen molar-refractivity contribution in [2.45, 2.75) is 11.3 Å². The number of hydrogen-bond acceptors (Lipinski definition) is 4. The average molecular weight is 464 g/mol. The van der Waals surface area contributed by atoms with Crippen molar-refractivity contribution in [3.8, 4) is 0 Å². The van der Waals surface area contributed by atoms with E-state index in [0.29, 0.717) is 26.1 Å². The van der Waals surface area contributed by atoms with Gasteiger partial charge in [0.25, 0.3) is 5.91 Å². The number of benzene rings is 2. The topological polar surface area (TPSA) is 82.3 Å². The van der Waals surface area contributed by atoms with Crippen molar-refractivity contribution in [3.05, 3.63) is 64.8 Å². The smallest absolute Gasteiger partial charge is 0.252 e. The minimum atomic E-state index is -3.64. The van der Waals surface area contributed by atoms with Gasteiger partial charge in [-0.05, 0) is 36.2 Å². The Bertz CT molecular complexity index is 1170. The van der Waals surface area contributed by atoms with Crippen LogP contribution in [0.3, 0.4) is 0 Å². The highest BCUT2D eigenvalue weighted by molar-refractivity contribution is 7.99. The molecule has 0 atom stereocenters. The Morgan fingerprint density at radius 1 is 1.17 bits per heavy atom. The lowest BCUT2D eigenvalue weighted by Gasteiger charge is -2.25. The van der Waals surface area contributed by atoms with E-state index in [9.17, 15) is 13.2 Å². The molecule has 1 aromatic heterocycles. The zero-order valence-electron chi connectivity index (χ0n) is 16.2. The highest BCUT2D eigenvalue weighted by Gasteiger charge is 2.27. The summed E-state index contributed by atoms with van der Waals surface area (Å²) in [6, 6.07) is 12.3. The Balaban J connectivity index is 1.46. The summed E-state index contributed by atoms with van der Waals surface area (Å²) in [7, 11) is -3.64. The van der Waals surface area contributed by atoms with Crippen LogP contribution in [0.4, 0.5) is 0 Å². The predicted octanol–water partition coefficient (Wildman–Crippen LogP) is 3.53. The molecule has 6 nitrogen and oxygen atoms in total. The molecule has 1 amide bonds. The van der Waals surface area contributed by atoms with Gasteiger partial charge in [-0.2, -0.15) is 16.1 Å². The molecule has 2 N–H and O–H groups in total. The van der Waals surface area contributed by atoms with Crippen LogP contribution in [0.15, 0.2) is 53.6 Å². The number of rotatable bonds is 6. The number of fused-ring (bicyclic) bond motifs is 1. The molecule has 0 saturated carbocycles. The molecule has 1 aliphatic heterocycles. The summed E-state index contributed by atoms with van der Waals surface area (Å²) in [6.45, 7) is 1.36. The highest BCUT2D eigenvalue weighted by atomic mass is 35.5. The molecule has 0 spiro atoms. The van der Waals surface area contributed by atoms with Crippen molar-refractivity contribution >= 4 is 50.2 Å². The van der Waals surface area contributed by atoms with Gasteiger partial charge in [-0.1, -0.05) is 29.8 Å². The van der Waals surface area contributed by atoms with Gasteiger partial charge in [0.1, 0.15) is 0 Å². The Kier molecular flexibility index (Phi) is 6.38. The van der Waals surface area contributed by atoms with Crippen LogP contribution < -0.4 is 5.32 Å². The van der Waals surface area contributed by atoms with Crippen LogP contribution in [0, 0.1) is 0 Å². The van der Waals surface area contributed by atoms with E-state index in [1.54, 1.807) is 11.8 Å². The van der Waals surface area contributed by atoms with Gasteiger partial charge in [0.15, 0.2) is 0 Å². The number of carbonyl (C=O) groups is 1. The van der Waals surface area contributed by atoms with Crippen LogP contribution in [0.25, 0.3) is 10.9 Å². The molecular weight excluding hydrogens is 442 g/mol. The number of aromatic nitrogens is 1. The summed E-state index contributed by atoms with van der Waals surface area (Å²) >= 11 is 7.94. The van der Waals surface area contributed by atoms with Gasteiger partial charge in [0, 0.05) is 48.2 Å². The maximum atomic E-state index is 12.9. The van der Waals surface area contributed by atoms with Gasteiger partial charge in [-0.15, -0.1) is 0 Å². The van der Waals surface area contributed by atoms with Crippen molar-refractivity contribution in [1.82, 2.24) is 14.6 Å². The van der Waals surface area contributed by atoms with Crippen molar-refractivity contribution in [2.24, 2.45) is 0 Å². The third-order valence-corrected chi connectivity index (χ3v) is 8.31. The number of para-hydroxylation sites is 1. The lowest BCUT2D eigenvalue weighted by atomic mass is 10.1. The maximum absolute atomic E-state index is 12.9. The van der Waals surface area contributed by atoms with Gasteiger partial charge in [0.05, 0.1) is 15.5 Å². The van der Waals surface area contributed by atoms with E-state index in [-0.39, 0.29) is 21.4 Å². The van der Waals surface area contributed by atoms with E-state index >= 15 is 0 Å². The fourth-order valence-corrected chi connectivity index (χ4v) is 6.33. The second-order valence-corrected chi connectivity index (χ2v) is 10.6. The standard InChI is InChI=1S/C21H22ClN3O3S2/c22-19-6-5-16(30(27,28)25-9-11-29-12-10-25)13-18(19)21(26)23-8-7-15-14-24-20-4-2-1-3-17(15)20/h1-6,13-14,24H,7-12H2,(H,23,26). The molecular formula is C21H22ClN3O3S2. The van der Waals surface area contributed by atoms with E-state index in [1.807, 2.05) is 30.5 Å². The molecule has 0 radical (unpaired) electrons. The zero-order chi connectivity index (χ0) is 21.1. The van der Waals surface area contributed by atoms with Crippen molar-refractivity contribution in [3.63, 3.8) is 0 Å². The molecule has 1 saturated heterocycles. The lowest BCUT2D eigenvalue weighted by molar-refractivity contribution is 0.0954. The van der Waals surface area contributed by atoms with E-state index < -0.39 is 10.0 Å². The SMILES string of the molecule is O=C(NCCc1c[nH]c2ccccc12)c1cc(S(=O)(=O)N2CCSCC2)ccc1Cl. The Morgan fingerprint density at radius 2 is 1.93 bits per heavy atom. The Hall–Kier alpha value is -2.00. The summed E-state index contributed by atoms with van der Waals surface area (Å²) in [4.78, 5) is 16.0. The van der Waals surface area contributed by atoms with Crippen LogP contribution in [0.2, 0.25) is 5.02 Å². The maximum Gasteiger partial charge on any atom is 0.252 e. The fraction of sp³-hybridized carbons (Fsp3) is 0.286. The number of nitrogens with one attached hydrogen (secondary N) is 2. The number of hydrogen-bond donors (Lipinski definition) is 2. The van der Waals surface area contributed by atoms with Crippen molar-refractivity contribution in [1.29, 1.82) is 0 Å². The Labute approximate surface area is 185 Å². The van der Waals surface area contributed by atoms with Crippen LogP contribution >= 0.6 is 23.4 Å². The molecule has 9 heteroatoms. The summed E-state index contributed by atoms with van der Waals surface area (Å²) in [5.41, 5.74) is 2.33. The second kappa shape index (κ2) is 9.01. The summed E-state index contributed by atoms with van der Waals surface area (Å²) in [5.74, 6) is 1.16. The predicted molar refractivity (Wildman–Crippen MR) is 122 cm³/mol. The third kappa shape index (κ3) is 4.37. The van der Waals surface area contributed by atoms with Gasteiger partial charge >= 0.3 is 0 Å². The number of aromatic amines is 1. The van der Waals surface area contributed by atoms with Crippen LogP contribution in [0.1, 0.15) is 15.9 Å². The first-order valence-corrected chi connectivity index (χ1v) is 12.6. The third-order valence-electron chi connectivity index (χ3n) is 5.15. The van der Waals surface area contributed by atoms with Crippen LogP contribution in [-0.4, -0.2) is 54.8 Å². The average Bonchev–Trinajstić information content (AvgIpc) is 3.17. The number of nitrogens with zero attached hydrogens (tertiary/aromatic N) is 1. The molecule has 1 aliphatic rings. The zero-order valence-corrected chi connectivity index (χ0v) is 18.6. The first kappa shape index (κ1) is 21.2. The molecule has 0 unspecified atom stereocenters. The molecule has 1 fully saturated rings. The molecule has 30 heavy (non-hydrogen) atoms.